The monoisotopic (exact) mass is 451 g/mol. The van der Waals surface area contributed by atoms with E-state index in [2.05, 4.69) is 0 Å². The average Bonchev–Trinajstić information content (AvgIpc) is 3.17. The van der Waals surface area contributed by atoms with Crippen molar-refractivity contribution >= 4 is 81.2 Å². The van der Waals surface area contributed by atoms with Gasteiger partial charge in [0.25, 0.3) is 5.91 Å². The fourth-order valence-electron chi connectivity index (χ4n) is 2.55. The first-order valence-corrected chi connectivity index (χ1v) is 9.53. The maximum Gasteiger partial charge on any atom is 0.421 e. The maximum atomic E-state index is 12.8. The van der Waals surface area contributed by atoms with Crippen LogP contribution in [0.2, 0.25) is 5.02 Å². The van der Waals surface area contributed by atoms with Crippen molar-refractivity contribution in [3.05, 3.63) is 51.2 Å². The lowest BCUT2D eigenvalue weighted by atomic mass is 9.95. The van der Waals surface area contributed by atoms with Gasteiger partial charge in [-0.15, -0.1) is 11.3 Å². The van der Waals surface area contributed by atoms with E-state index in [-0.39, 0.29) is 5.69 Å². The number of halogens is 4. The molecule has 10 heteroatoms. The lowest BCUT2D eigenvalue weighted by Crippen LogP contribution is -2.38. The van der Waals surface area contributed by atoms with Crippen molar-refractivity contribution in [3.8, 4) is 0 Å². The van der Waals surface area contributed by atoms with Gasteiger partial charge in [-0.05, 0) is 35.2 Å². The summed E-state index contributed by atoms with van der Waals surface area (Å²) < 4.78 is 3.07. The zero-order chi connectivity index (χ0) is 19.1. The second kappa shape index (κ2) is 7.37. The highest BCUT2D eigenvalue weighted by molar-refractivity contribution is 7.12. The highest BCUT2D eigenvalue weighted by atomic mass is 35.6. The number of hydrogen-bond acceptors (Lipinski definition) is 5. The van der Waals surface area contributed by atoms with Gasteiger partial charge >= 0.3 is 6.09 Å². The number of amides is 2. The molecule has 136 valence electrons. The molecule has 0 N–H and O–H groups in total. The largest absolute Gasteiger partial charge is 0.444 e. The van der Waals surface area contributed by atoms with Gasteiger partial charge in [0.1, 0.15) is 12.5 Å². The molecule has 1 aromatic carbocycles. The first kappa shape index (κ1) is 19.5. The number of ketones is 1. The number of rotatable bonds is 3. The Labute approximate surface area is 172 Å². The third kappa shape index (κ3) is 3.85. The summed E-state index contributed by atoms with van der Waals surface area (Å²) in [6, 6.07) is 7.75. The lowest BCUT2D eigenvalue weighted by molar-refractivity contribution is -0.117. The molecule has 0 saturated carbocycles. The minimum Gasteiger partial charge on any atom is -0.444 e. The normalized spacial score (nSPS) is 16.5. The molecule has 5 nitrogen and oxygen atoms in total. The molecule has 26 heavy (non-hydrogen) atoms. The summed E-state index contributed by atoms with van der Waals surface area (Å²) in [5, 5.41) is 2.05. The van der Waals surface area contributed by atoms with E-state index in [0.29, 0.717) is 15.5 Å². The molecule has 0 radical (unpaired) electrons. The zero-order valence-corrected chi connectivity index (χ0v) is 16.6. The fourth-order valence-corrected chi connectivity index (χ4v) is 3.59. The summed E-state index contributed by atoms with van der Waals surface area (Å²) in [6.45, 7) is -0.549. The van der Waals surface area contributed by atoms with Gasteiger partial charge in [0.2, 0.25) is 3.79 Å². The number of hydrogen-bond donors (Lipinski definition) is 0. The lowest BCUT2D eigenvalue weighted by Gasteiger charge is -2.18. The van der Waals surface area contributed by atoms with E-state index >= 15 is 0 Å². The van der Waals surface area contributed by atoms with Crippen LogP contribution in [0.3, 0.4) is 0 Å². The number of ether oxygens (including phenoxy) is 1. The molecule has 3 rings (SSSR count). The Hall–Kier alpha value is -1.31. The second-order valence-electron chi connectivity index (χ2n) is 5.32. The summed E-state index contributed by atoms with van der Waals surface area (Å²) in [4.78, 5) is 39.2. The van der Waals surface area contributed by atoms with Gasteiger partial charge in [-0.2, -0.15) is 0 Å². The number of carbonyl (C=O) groups is 3. The van der Waals surface area contributed by atoms with E-state index in [1.54, 1.807) is 17.5 Å². The first-order chi connectivity index (χ1) is 12.2. The molecule has 1 aromatic heterocycles. The van der Waals surface area contributed by atoms with E-state index in [4.69, 9.17) is 51.1 Å². The molecular formula is C16H9Cl4NO4S. The molecule has 2 aromatic rings. The number of fused-ring (bicyclic) bond motifs is 1. The van der Waals surface area contributed by atoms with Crippen molar-refractivity contribution in [2.24, 2.45) is 0 Å². The Morgan fingerprint density at radius 2 is 1.96 bits per heavy atom. The number of thiophene rings is 1. The Morgan fingerprint density at radius 1 is 1.23 bits per heavy atom. The molecular weight excluding hydrogens is 444 g/mol. The van der Waals surface area contributed by atoms with Crippen molar-refractivity contribution in [2.75, 3.05) is 11.5 Å². The number of anilines is 1. The van der Waals surface area contributed by atoms with Gasteiger partial charge in [-0.3, -0.25) is 9.59 Å². The average molecular weight is 453 g/mol. The van der Waals surface area contributed by atoms with Crippen LogP contribution < -0.4 is 4.90 Å². The van der Waals surface area contributed by atoms with Gasteiger partial charge < -0.3 is 4.74 Å². The van der Waals surface area contributed by atoms with Gasteiger partial charge in [0.05, 0.1) is 10.6 Å². The first-order valence-electron chi connectivity index (χ1n) is 7.13. The SMILES string of the molecule is O=C(c1cccs1)C1C(=O)N(C(=O)OCC(Cl)(Cl)Cl)c2ccc(Cl)cc21. The minimum absolute atomic E-state index is 0.212. The molecule has 1 unspecified atom stereocenters. The van der Waals surface area contributed by atoms with Gasteiger partial charge in [-0.1, -0.05) is 52.5 Å². The van der Waals surface area contributed by atoms with Crippen molar-refractivity contribution in [1.82, 2.24) is 0 Å². The third-order valence-electron chi connectivity index (χ3n) is 3.58. The smallest absolute Gasteiger partial charge is 0.421 e. The summed E-state index contributed by atoms with van der Waals surface area (Å²) in [5.41, 5.74) is 0.537. The molecule has 2 heterocycles. The van der Waals surface area contributed by atoms with Crippen molar-refractivity contribution in [3.63, 3.8) is 0 Å². The number of Topliss-reactive ketones (excluding diaryl/α,β-unsaturated/α-hetero) is 1. The summed E-state index contributed by atoms with van der Waals surface area (Å²) in [7, 11) is 0. The van der Waals surface area contributed by atoms with Crippen LogP contribution in [0.1, 0.15) is 21.2 Å². The Morgan fingerprint density at radius 3 is 2.58 bits per heavy atom. The summed E-state index contributed by atoms with van der Waals surface area (Å²) in [5.74, 6) is -2.36. The predicted octanol–water partition coefficient (Wildman–Crippen LogP) is 5.22. The Kier molecular flexibility index (Phi) is 5.51. The van der Waals surface area contributed by atoms with E-state index in [1.807, 2.05) is 0 Å². The van der Waals surface area contributed by atoms with Crippen molar-refractivity contribution in [1.29, 1.82) is 0 Å². The van der Waals surface area contributed by atoms with Crippen LogP contribution >= 0.6 is 57.7 Å². The van der Waals surface area contributed by atoms with Gasteiger partial charge in [0, 0.05) is 5.02 Å². The number of benzene rings is 1. The highest BCUT2D eigenvalue weighted by Gasteiger charge is 2.46. The van der Waals surface area contributed by atoms with Crippen LogP contribution in [0.25, 0.3) is 0 Å². The molecule has 2 amide bonds. The van der Waals surface area contributed by atoms with Gasteiger partial charge in [-0.25, -0.2) is 9.69 Å². The van der Waals surface area contributed by atoms with E-state index in [9.17, 15) is 14.4 Å². The molecule has 1 aliphatic heterocycles. The predicted molar refractivity (Wildman–Crippen MR) is 102 cm³/mol. The molecule has 1 atom stereocenters. The second-order valence-corrected chi connectivity index (χ2v) is 9.22. The number of nitrogens with zero attached hydrogens (tertiary/aromatic N) is 1. The third-order valence-corrected chi connectivity index (χ3v) is 5.02. The van der Waals surface area contributed by atoms with Crippen LogP contribution in [-0.2, 0) is 9.53 Å². The highest BCUT2D eigenvalue weighted by Crippen LogP contribution is 2.41. The Balaban J connectivity index is 1.97. The van der Waals surface area contributed by atoms with Crippen LogP contribution in [0.5, 0.6) is 0 Å². The van der Waals surface area contributed by atoms with Gasteiger partial charge in [0.15, 0.2) is 5.78 Å². The van der Waals surface area contributed by atoms with E-state index < -0.39 is 34.1 Å². The minimum atomic E-state index is -1.83. The van der Waals surface area contributed by atoms with Crippen LogP contribution in [0, 0.1) is 0 Å². The quantitative estimate of drug-likeness (QED) is 0.363. The van der Waals surface area contributed by atoms with Crippen LogP contribution in [0.15, 0.2) is 35.7 Å². The molecule has 0 saturated heterocycles. The fraction of sp³-hybridized carbons (Fsp3) is 0.188. The van der Waals surface area contributed by atoms with Crippen LogP contribution in [0.4, 0.5) is 10.5 Å². The summed E-state index contributed by atoms with van der Waals surface area (Å²) >= 11 is 23.9. The zero-order valence-electron chi connectivity index (χ0n) is 12.7. The molecule has 0 spiro atoms. The topological polar surface area (TPSA) is 63.7 Å². The molecule has 0 bridgehead atoms. The number of carbonyl (C=O) groups excluding carboxylic acids is 3. The van der Waals surface area contributed by atoms with E-state index in [1.165, 1.54) is 29.5 Å². The Bertz CT molecular complexity index is 879. The summed E-state index contributed by atoms with van der Waals surface area (Å²) in [6.07, 6.45) is -1.04. The molecule has 1 aliphatic rings. The maximum absolute atomic E-state index is 12.8. The number of alkyl halides is 3. The number of imide groups is 1. The molecule has 0 fully saturated rings. The standard InChI is InChI=1S/C16H9Cl4NO4S/c17-8-3-4-10-9(6-8)12(13(22)11-2-1-5-26-11)14(23)21(10)15(24)25-7-16(18,19)20/h1-6,12H,7H2. The van der Waals surface area contributed by atoms with Crippen molar-refractivity contribution in [2.45, 2.75) is 9.71 Å². The molecule has 0 aliphatic carbocycles. The van der Waals surface area contributed by atoms with Crippen molar-refractivity contribution < 1.29 is 19.1 Å². The van der Waals surface area contributed by atoms with E-state index in [0.717, 1.165) is 4.90 Å². The van der Waals surface area contributed by atoms with Crippen LogP contribution in [-0.4, -0.2) is 28.2 Å².